The van der Waals surface area contributed by atoms with Gasteiger partial charge in [0.05, 0.1) is 10.0 Å². The molecule has 0 aliphatic carbocycles. The highest BCUT2D eigenvalue weighted by Gasteiger charge is 2.26. The van der Waals surface area contributed by atoms with Gasteiger partial charge in [0, 0.05) is 11.0 Å². The molecule has 0 radical (unpaired) electrons. The average Bonchev–Trinajstić information content (AvgIpc) is 2.57. The van der Waals surface area contributed by atoms with Crippen LogP contribution in [0.5, 0.6) is 0 Å². The molecule has 1 heterocycles. The van der Waals surface area contributed by atoms with Crippen molar-refractivity contribution in [2.75, 3.05) is 11.6 Å². The van der Waals surface area contributed by atoms with Crippen LogP contribution in [-0.2, 0) is 5.41 Å². The second kappa shape index (κ2) is 4.62. The zero-order valence-electron chi connectivity index (χ0n) is 11.0. The first kappa shape index (κ1) is 14.0. The highest BCUT2D eigenvalue weighted by molar-refractivity contribution is 6.39. The van der Waals surface area contributed by atoms with E-state index in [0.717, 1.165) is 0 Å². The third kappa shape index (κ3) is 2.38. The summed E-state index contributed by atoms with van der Waals surface area (Å²) in [5.74, 6) is 6.99. The smallest absolute Gasteiger partial charge is 0.150 e. The van der Waals surface area contributed by atoms with Crippen molar-refractivity contribution in [3.05, 3.63) is 34.1 Å². The van der Waals surface area contributed by atoms with Gasteiger partial charge in [-0.2, -0.15) is 0 Å². The van der Waals surface area contributed by atoms with Crippen LogP contribution in [0.2, 0.25) is 10.0 Å². The molecule has 0 saturated carbocycles. The fraction of sp³-hybridized carbons (Fsp3) is 0.308. The van der Waals surface area contributed by atoms with Crippen LogP contribution >= 0.6 is 23.2 Å². The Morgan fingerprint density at radius 3 is 2.11 bits per heavy atom. The number of hydrogen-bond acceptors (Lipinski definition) is 3. The Labute approximate surface area is 122 Å². The standard InChI is InChI=1S/C13H16Cl2N4/c1-13(2,3)12-18-10(11(16)19(12)17)9-7(14)5-4-6-8(9)15/h4-6H,16-17H2,1-3H3. The summed E-state index contributed by atoms with van der Waals surface area (Å²) in [5, 5.41) is 0.996. The number of nitrogens with two attached hydrogens (primary N) is 2. The number of nitrogens with zero attached hydrogens (tertiary/aromatic N) is 2. The van der Waals surface area contributed by atoms with Gasteiger partial charge in [-0.1, -0.05) is 50.0 Å². The molecule has 6 heteroatoms. The van der Waals surface area contributed by atoms with Gasteiger partial charge < -0.3 is 11.6 Å². The van der Waals surface area contributed by atoms with Crippen molar-refractivity contribution in [2.24, 2.45) is 0 Å². The number of anilines is 1. The van der Waals surface area contributed by atoms with Crippen molar-refractivity contribution in [3.63, 3.8) is 0 Å². The molecule has 0 aliphatic heterocycles. The topological polar surface area (TPSA) is 69.9 Å². The van der Waals surface area contributed by atoms with E-state index >= 15 is 0 Å². The second-order valence-corrected chi connectivity index (χ2v) is 6.20. The van der Waals surface area contributed by atoms with Gasteiger partial charge in [0.15, 0.2) is 5.82 Å². The number of nitrogen functional groups attached to an aromatic ring is 2. The van der Waals surface area contributed by atoms with Gasteiger partial charge in [0.1, 0.15) is 11.5 Å². The predicted octanol–water partition coefficient (Wildman–Crippen LogP) is 3.45. The minimum Gasteiger partial charge on any atom is -0.382 e. The first-order valence-electron chi connectivity index (χ1n) is 5.81. The molecule has 0 fully saturated rings. The Balaban J connectivity index is 2.72. The normalized spacial score (nSPS) is 11.8. The quantitative estimate of drug-likeness (QED) is 0.792. The van der Waals surface area contributed by atoms with E-state index in [4.69, 9.17) is 34.8 Å². The molecule has 0 bridgehead atoms. The Morgan fingerprint density at radius 2 is 1.68 bits per heavy atom. The lowest BCUT2D eigenvalue weighted by molar-refractivity contribution is 0.532. The molecule has 2 aromatic rings. The van der Waals surface area contributed by atoms with Crippen molar-refractivity contribution in [3.8, 4) is 11.3 Å². The second-order valence-electron chi connectivity index (χ2n) is 5.39. The van der Waals surface area contributed by atoms with E-state index in [0.29, 0.717) is 32.9 Å². The maximum Gasteiger partial charge on any atom is 0.150 e. The van der Waals surface area contributed by atoms with E-state index in [9.17, 15) is 0 Å². The molecule has 4 nitrogen and oxygen atoms in total. The average molecular weight is 299 g/mol. The van der Waals surface area contributed by atoms with Crippen molar-refractivity contribution in [2.45, 2.75) is 26.2 Å². The Bertz CT molecular complexity index is 606. The third-order valence-corrected chi connectivity index (χ3v) is 3.45. The molecule has 0 unspecified atom stereocenters. The molecule has 1 aromatic carbocycles. The molecular formula is C13H16Cl2N4. The molecule has 0 spiro atoms. The fourth-order valence-electron chi connectivity index (χ4n) is 1.88. The molecule has 0 atom stereocenters. The van der Waals surface area contributed by atoms with Crippen molar-refractivity contribution in [1.29, 1.82) is 0 Å². The monoisotopic (exact) mass is 298 g/mol. The van der Waals surface area contributed by atoms with Crippen LogP contribution in [0.25, 0.3) is 11.3 Å². The van der Waals surface area contributed by atoms with Crippen molar-refractivity contribution in [1.82, 2.24) is 9.66 Å². The maximum absolute atomic E-state index is 6.18. The summed E-state index contributed by atoms with van der Waals surface area (Å²) in [5.41, 5.74) is 6.93. The summed E-state index contributed by atoms with van der Waals surface area (Å²) in [6.07, 6.45) is 0. The van der Waals surface area contributed by atoms with Gasteiger partial charge in [-0.15, -0.1) is 0 Å². The van der Waals surface area contributed by atoms with E-state index in [1.54, 1.807) is 18.2 Å². The summed E-state index contributed by atoms with van der Waals surface area (Å²) < 4.78 is 1.38. The largest absolute Gasteiger partial charge is 0.382 e. The number of halogens is 2. The molecule has 0 saturated heterocycles. The van der Waals surface area contributed by atoms with Crippen molar-refractivity contribution < 1.29 is 0 Å². The summed E-state index contributed by atoms with van der Waals surface area (Å²) in [6.45, 7) is 6.03. The lowest BCUT2D eigenvalue weighted by Gasteiger charge is -2.17. The van der Waals surface area contributed by atoms with E-state index in [2.05, 4.69) is 4.98 Å². The minimum absolute atomic E-state index is 0.227. The van der Waals surface area contributed by atoms with Crippen LogP contribution in [-0.4, -0.2) is 9.66 Å². The van der Waals surface area contributed by atoms with E-state index < -0.39 is 0 Å². The first-order valence-corrected chi connectivity index (χ1v) is 6.57. The number of aromatic nitrogens is 2. The van der Waals surface area contributed by atoms with Gasteiger partial charge >= 0.3 is 0 Å². The van der Waals surface area contributed by atoms with Gasteiger partial charge in [-0.25, -0.2) is 9.66 Å². The van der Waals surface area contributed by atoms with E-state index in [1.807, 2.05) is 20.8 Å². The Kier molecular flexibility index (Phi) is 3.41. The molecule has 102 valence electrons. The van der Waals surface area contributed by atoms with Crippen LogP contribution in [0.3, 0.4) is 0 Å². The minimum atomic E-state index is -0.227. The number of hydrogen-bond donors (Lipinski definition) is 2. The van der Waals surface area contributed by atoms with Gasteiger partial charge in [0.25, 0.3) is 0 Å². The lowest BCUT2D eigenvalue weighted by atomic mass is 9.96. The zero-order valence-corrected chi connectivity index (χ0v) is 12.5. The summed E-state index contributed by atoms with van der Waals surface area (Å²) in [4.78, 5) is 4.52. The summed E-state index contributed by atoms with van der Waals surface area (Å²) >= 11 is 12.4. The SMILES string of the molecule is CC(C)(C)c1nc(-c2c(Cl)cccc2Cl)c(N)n1N. The van der Waals surface area contributed by atoms with Gasteiger partial charge in [0.2, 0.25) is 0 Å². The molecule has 0 amide bonds. The fourth-order valence-corrected chi connectivity index (χ4v) is 2.46. The van der Waals surface area contributed by atoms with E-state index in [1.165, 1.54) is 4.68 Å². The van der Waals surface area contributed by atoms with Crippen LogP contribution in [0.15, 0.2) is 18.2 Å². The maximum atomic E-state index is 6.18. The molecule has 2 rings (SSSR count). The molecule has 4 N–H and O–H groups in total. The molecule has 19 heavy (non-hydrogen) atoms. The molecule has 1 aromatic heterocycles. The first-order chi connectivity index (χ1) is 8.73. The zero-order chi connectivity index (χ0) is 14.4. The van der Waals surface area contributed by atoms with Crippen molar-refractivity contribution >= 4 is 29.0 Å². The molecule has 0 aliphatic rings. The van der Waals surface area contributed by atoms with Crippen LogP contribution < -0.4 is 11.6 Å². The Morgan fingerprint density at radius 1 is 1.16 bits per heavy atom. The van der Waals surface area contributed by atoms with Gasteiger partial charge in [-0.05, 0) is 12.1 Å². The Hall–Kier alpha value is -1.39. The summed E-state index contributed by atoms with van der Waals surface area (Å²) in [6, 6.07) is 5.26. The number of benzene rings is 1. The van der Waals surface area contributed by atoms with Crippen LogP contribution in [0.1, 0.15) is 26.6 Å². The summed E-state index contributed by atoms with van der Waals surface area (Å²) in [7, 11) is 0. The number of rotatable bonds is 1. The van der Waals surface area contributed by atoms with Crippen LogP contribution in [0.4, 0.5) is 5.82 Å². The van der Waals surface area contributed by atoms with Gasteiger partial charge in [-0.3, -0.25) is 0 Å². The third-order valence-electron chi connectivity index (χ3n) is 2.82. The lowest BCUT2D eigenvalue weighted by Crippen LogP contribution is -2.24. The molecular weight excluding hydrogens is 283 g/mol. The highest BCUT2D eigenvalue weighted by atomic mass is 35.5. The number of imidazole rings is 1. The predicted molar refractivity (Wildman–Crippen MR) is 80.9 cm³/mol. The van der Waals surface area contributed by atoms with E-state index in [-0.39, 0.29) is 5.41 Å². The highest BCUT2D eigenvalue weighted by Crippen LogP contribution is 2.38. The van der Waals surface area contributed by atoms with Crippen LogP contribution in [0, 0.1) is 0 Å².